The maximum absolute atomic E-state index is 11.4. The van der Waals surface area contributed by atoms with Crippen molar-refractivity contribution >= 4 is 28.5 Å². The van der Waals surface area contributed by atoms with E-state index in [0.29, 0.717) is 0 Å². The molecule has 0 aliphatic heterocycles. The summed E-state index contributed by atoms with van der Waals surface area (Å²) in [4.78, 5) is 14.4. The van der Waals surface area contributed by atoms with Crippen LogP contribution in [-0.2, 0) is 9.53 Å². The van der Waals surface area contributed by atoms with Gasteiger partial charge >= 0.3 is 5.97 Å². The van der Waals surface area contributed by atoms with Gasteiger partial charge in [0.05, 0.1) is 6.61 Å². The van der Waals surface area contributed by atoms with Crippen LogP contribution in [0.3, 0.4) is 0 Å². The highest BCUT2D eigenvalue weighted by atomic mass is 35.5. The molecule has 2 unspecified atom stereocenters. The van der Waals surface area contributed by atoms with E-state index in [2.05, 4.69) is 9.72 Å². The minimum absolute atomic E-state index is 0.132. The van der Waals surface area contributed by atoms with E-state index in [9.17, 15) is 15.0 Å². The number of hydrogen-bond donors (Lipinski definition) is 3. The number of ether oxygens (including phenoxy) is 1. The summed E-state index contributed by atoms with van der Waals surface area (Å²) in [6.07, 6.45) is -1.35. The molecule has 6 heteroatoms. The number of esters is 1. The molecule has 1 aromatic carbocycles. The fourth-order valence-corrected chi connectivity index (χ4v) is 2.12. The normalized spacial score (nSPS) is 14.3. The Labute approximate surface area is 114 Å². The molecule has 1 heterocycles. The minimum Gasteiger partial charge on any atom is -0.464 e. The molecule has 2 aromatic rings. The zero-order valence-corrected chi connectivity index (χ0v) is 11.0. The number of carbonyl (C=O) groups is 1. The van der Waals surface area contributed by atoms with Gasteiger partial charge in [0.2, 0.25) is 0 Å². The number of hydrogen-bond acceptors (Lipinski definition) is 4. The Hall–Kier alpha value is -1.56. The van der Waals surface area contributed by atoms with Crippen molar-refractivity contribution in [3.63, 3.8) is 0 Å². The molecule has 5 nitrogen and oxygen atoms in total. The number of aromatic nitrogens is 1. The first-order chi connectivity index (χ1) is 9.04. The molecular weight excluding hydrogens is 270 g/mol. The number of benzene rings is 1. The van der Waals surface area contributed by atoms with Crippen LogP contribution in [-0.4, -0.2) is 33.9 Å². The predicted octanol–water partition coefficient (Wildman–Crippen LogP) is 1.78. The van der Waals surface area contributed by atoms with Gasteiger partial charge in [-0.2, -0.15) is 0 Å². The predicted molar refractivity (Wildman–Crippen MR) is 70.9 cm³/mol. The van der Waals surface area contributed by atoms with Gasteiger partial charge in [-0.15, -0.1) is 0 Å². The number of carbonyl (C=O) groups excluding carboxylic acids is 1. The van der Waals surface area contributed by atoms with E-state index in [1.807, 2.05) is 0 Å². The first-order valence-corrected chi connectivity index (χ1v) is 6.21. The molecule has 0 fully saturated rings. The number of aliphatic hydroxyl groups is 2. The maximum Gasteiger partial charge on any atom is 0.338 e. The molecule has 0 saturated carbocycles. The fourth-order valence-electron chi connectivity index (χ4n) is 1.85. The quantitative estimate of drug-likeness (QED) is 0.747. The van der Waals surface area contributed by atoms with E-state index >= 15 is 0 Å². The summed E-state index contributed by atoms with van der Waals surface area (Å²) >= 11 is 6.04. The lowest BCUT2D eigenvalue weighted by molar-refractivity contribution is -0.159. The molecule has 0 radical (unpaired) electrons. The van der Waals surface area contributed by atoms with E-state index in [4.69, 9.17) is 11.6 Å². The fraction of sp³-hybridized carbons (Fsp3) is 0.308. The van der Waals surface area contributed by atoms with E-state index in [1.54, 1.807) is 31.3 Å². The standard InChI is InChI=1S/C13H14ClNO4/c1-2-19-13(18)12(17)11(16)8-5-7-3-4-15-10(7)6-9(8)14/h3-6,11-12,15-17H,2H2,1H3. The third-order valence-corrected chi connectivity index (χ3v) is 3.14. The highest BCUT2D eigenvalue weighted by molar-refractivity contribution is 6.32. The van der Waals surface area contributed by atoms with Crippen molar-refractivity contribution in [2.45, 2.75) is 19.1 Å². The number of aliphatic hydroxyl groups excluding tert-OH is 2. The molecule has 3 N–H and O–H groups in total. The maximum atomic E-state index is 11.4. The molecule has 0 aliphatic rings. The van der Waals surface area contributed by atoms with Crippen molar-refractivity contribution in [3.05, 3.63) is 35.0 Å². The van der Waals surface area contributed by atoms with Gasteiger partial charge in [0, 0.05) is 22.3 Å². The van der Waals surface area contributed by atoms with Crippen LogP contribution in [0.5, 0.6) is 0 Å². The van der Waals surface area contributed by atoms with Gasteiger partial charge in [0.1, 0.15) is 6.10 Å². The Morgan fingerprint density at radius 3 is 2.89 bits per heavy atom. The first-order valence-electron chi connectivity index (χ1n) is 5.84. The summed E-state index contributed by atoms with van der Waals surface area (Å²) in [5.41, 5.74) is 1.10. The third kappa shape index (κ3) is 2.73. The summed E-state index contributed by atoms with van der Waals surface area (Å²) in [5.74, 6) is -0.875. The number of H-pyrrole nitrogens is 1. The first kappa shape index (κ1) is 13.9. The van der Waals surface area contributed by atoms with Gasteiger partial charge in [0.25, 0.3) is 0 Å². The molecule has 0 aliphatic carbocycles. The van der Waals surface area contributed by atoms with Crippen molar-refractivity contribution in [3.8, 4) is 0 Å². The number of rotatable bonds is 4. The Bertz CT molecular complexity index is 595. The van der Waals surface area contributed by atoms with Crippen molar-refractivity contribution in [1.82, 2.24) is 4.98 Å². The summed E-state index contributed by atoms with van der Waals surface area (Å²) in [5, 5.41) is 20.8. The van der Waals surface area contributed by atoms with Crippen LogP contribution in [0, 0.1) is 0 Å². The van der Waals surface area contributed by atoms with Crippen LogP contribution in [0.1, 0.15) is 18.6 Å². The van der Waals surface area contributed by atoms with Crippen molar-refractivity contribution in [1.29, 1.82) is 0 Å². The Kier molecular flexibility index (Phi) is 4.09. The molecular formula is C13H14ClNO4. The smallest absolute Gasteiger partial charge is 0.338 e. The lowest BCUT2D eigenvalue weighted by Crippen LogP contribution is -2.30. The molecule has 2 atom stereocenters. The number of nitrogens with one attached hydrogen (secondary N) is 1. The van der Waals surface area contributed by atoms with Crippen LogP contribution >= 0.6 is 11.6 Å². The molecule has 0 spiro atoms. The summed E-state index contributed by atoms with van der Waals surface area (Å²) in [6.45, 7) is 1.75. The number of halogens is 1. The lowest BCUT2D eigenvalue weighted by atomic mass is 10.0. The highest BCUT2D eigenvalue weighted by Crippen LogP contribution is 2.30. The Morgan fingerprint density at radius 2 is 2.21 bits per heavy atom. The van der Waals surface area contributed by atoms with E-state index in [0.717, 1.165) is 10.9 Å². The average Bonchev–Trinajstić information content (AvgIpc) is 2.83. The molecule has 1 aromatic heterocycles. The molecule has 0 amide bonds. The van der Waals surface area contributed by atoms with Gasteiger partial charge in [-0.3, -0.25) is 0 Å². The van der Waals surface area contributed by atoms with Crippen LogP contribution in [0.25, 0.3) is 10.9 Å². The van der Waals surface area contributed by atoms with Crippen LogP contribution in [0.15, 0.2) is 24.4 Å². The molecule has 19 heavy (non-hydrogen) atoms. The van der Waals surface area contributed by atoms with Crippen molar-refractivity contribution in [2.75, 3.05) is 6.61 Å². The van der Waals surface area contributed by atoms with E-state index in [1.165, 1.54) is 0 Å². The second-order valence-electron chi connectivity index (χ2n) is 4.08. The zero-order valence-electron chi connectivity index (χ0n) is 10.3. The van der Waals surface area contributed by atoms with Crippen LogP contribution in [0.2, 0.25) is 5.02 Å². The second kappa shape index (κ2) is 5.61. The van der Waals surface area contributed by atoms with Crippen LogP contribution in [0.4, 0.5) is 0 Å². The van der Waals surface area contributed by atoms with E-state index in [-0.39, 0.29) is 17.2 Å². The topological polar surface area (TPSA) is 82.6 Å². The summed E-state index contributed by atoms with van der Waals surface area (Å²) < 4.78 is 4.66. The van der Waals surface area contributed by atoms with E-state index < -0.39 is 18.2 Å². The van der Waals surface area contributed by atoms with Gasteiger partial charge in [-0.25, -0.2) is 4.79 Å². The molecule has 102 valence electrons. The van der Waals surface area contributed by atoms with Crippen molar-refractivity contribution < 1.29 is 19.7 Å². The van der Waals surface area contributed by atoms with Crippen molar-refractivity contribution in [2.24, 2.45) is 0 Å². The highest BCUT2D eigenvalue weighted by Gasteiger charge is 2.28. The second-order valence-corrected chi connectivity index (χ2v) is 4.49. The lowest BCUT2D eigenvalue weighted by Gasteiger charge is -2.18. The Balaban J connectivity index is 2.32. The summed E-state index contributed by atoms with van der Waals surface area (Å²) in [6, 6.07) is 5.06. The van der Waals surface area contributed by atoms with Crippen LogP contribution < -0.4 is 0 Å². The van der Waals surface area contributed by atoms with Gasteiger partial charge in [-0.1, -0.05) is 11.6 Å². The molecule has 0 saturated heterocycles. The third-order valence-electron chi connectivity index (χ3n) is 2.82. The largest absolute Gasteiger partial charge is 0.464 e. The number of aromatic amines is 1. The SMILES string of the molecule is CCOC(=O)C(O)C(O)c1cc2cc[nH]c2cc1Cl. The molecule has 0 bridgehead atoms. The molecule has 2 rings (SSSR count). The Morgan fingerprint density at radius 1 is 1.47 bits per heavy atom. The minimum atomic E-state index is -1.66. The average molecular weight is 284 g/mol. The number of fused-ring (bicyclic) bond motifs is 1. The zero-order chi connectivity index (χ0) is 14.0. The monoisotopic (exact) mass is 283 g/mol. The van der Waals surface area contributed by atoms with Gasteiger partial charge in [0.15, 0.2) is 6.10 Å². The van der Waals surface area contributed by atoms with Gasteiger partial charge < -0.3 is 19.9 Å². The van der Waals surface area contributed by atoms with Gasteiger partial charge in [-0.05, 0) is 30.5 Å². The summed E-state index contributed by atoms with van der Waals surface area (Å²) in [7, 11) is 0.